The summed E-state index contributed by atoms with van der Waals surface area (Å²) < 4.78 is 10.1. The van der Waals surface area contributed by atoms with Gasteiger partial charge < -0.3 is 14.3 Å². The Kier molecular flexibility index (Phi) is 3.57. The lowest BCUT2D eigenvalue weighted by Gasteiger charge is -2.23. The molecular formula is C14H17NO4. The lowest BCUT2D eigenvalue weighted by atomic mass is 9.93. The molecule has 1 aromatic rings. The van der Waals surface area contributed by atoms with Crippen molar-refractivity contribution in [1.29, 1.82) is 0 Å². The van der Waals surface area contributed by atoms with Crippen LogP contribution in [0.2, 0.25) is 0 Å². The van der Waals surface area contributed by atoms with Crippen LogP contribution >= 0.6 is 0 Å². The molecule has 5 heteroatoms. The molecule has 0 N–H and O–H groups in total. The average Bonchev–Trinajstić information content (AvgIpc) is 2.72. The fraction of sp³-hybridized carbons (Fsp3) is 0.429. The molecule has 0 spiro atoms. The number of carbonyl (C=O) groups is 1. The summed E-state index contributed by atoms with van der Waals surface area (Å²) in [7, 11) is 2.98. The Labute approximate surface area is 112 Å². The first-order valence-corrected chi connectivity index (χ1v) is 5.97. The van der Waals surface area contributed by atoms with Crippen LogP contribution < -0.4 is 0 Å². The Morgan fingerprint density at radius 2 is 1.89 bits per heavy atom. The topological polar surface area (TPSA) is 57.1 Å². The number of ether oxygens (including phenoxy) is 2. The molecular weight excluding hydrogens is 246 g/mol. The number of benzene rings is 1. The van der Waals surface area contributed by atoms with E-state index >= 15 is 0 Å². The fourth-order valence-corrected chi connectivity index (χ4v) is 2.09. The minimum absolute atomic E-state index is 0.239. The normalized spacial score (nSPS) is 20.6. The highest BCUT2D eigenvalue weighted by Gasteiger charge is 2.42. The monoisotopic (exact) mass is 263 g/mol. The zero-order chi connectivity index (χ0) is 14.0. The molecule has 2 rings (SSSR count). The van der Waals surface area contributed by atoms with E-state index in [0.29, 0.717) is 5.56 Å². The van der Waals surface area contributed by atoms with E-state index in [0.717, 1.165) is 11.3 Å². The highest BCUT2D eigenvalue weighted by atomic mass is 16.7. The van der Waals surface area contributed by atoms with Crippen LogP contribution in [-0.4, -0.2) is 37.6 Å². The molecule has 0 saturated heterocycles. The fourth-order valence-electron chi connectivity index (χ4n) is 2.09. The molecule has 1 aromatic carbocycles. The number of hydrogen-bond donors (Lipinski definition) is 0. The third kappa shape index (κ3) is 2.46. The molecule has 0 bridgehead atoms. The average molecular weight is 263 g/mol. The van der Waals surface area contributed by atoms with Crippen LogP contribution in [0.25, 0.3) is 0 Å². The molecule has 1 aliphatic rings. The van der Waals surface area contributed by atoms with Crippen LogP contribution in [0.1, 0.15) is 29.8 Å². The molecule has 1 atom stereocenters. The van der Waals surface area contributed by atoms with Crippen molar-refractivity contribution in [2.45, 2.75) is 25.6 Å². The predicted octanol–water partition coefficient (Wildman–Crippen LogP) is 2.00. The van der Waals surface area contributed by atoms with Crippen LogP contribution in [0.3, 0.4) is 0 Å². The van der Waals surface area contributed by atoms with Gasteiger partial charge in [0.15, 0.2) is 5.60 Å². The second-order valence-corrected chi connectivity index (χ2v) is 4.86. The van der Waals surface area contributed by atoms with E-state index in [4.69, 9.17) is 9.57 Å². The lowest BCUT2D eigenvalue weighted by Crippen LogP contribution is -2.39. The van der Waals surface area contributed by atoms with E-state index in [1.54, 1.807) is 19.2 Å². The Bertz CT molecular complexity index is 505. The molecule has 1 heterocycles. The molecule has 1 unspecified atom stereocenters. The van der Waals surface area contributed by atoms with Gasteiger partial charge in [-0.25, -0.2) is 4.79 Å². The van der Waals surface area contributed by atoms with Crippen molar-refractivity contribution in [3.8, 4) is 0 Å². The number of methoxy groups -OCH3 is 2. The number of nitrogens with zero attached hydrogens (tertiary/aromatic N) is 1. The molecule has 1 aliphatic heterocycles. The van der Waals surface area contributed by atoms with Crippen molar-refractivity contribution >= 4 is 11.7 Å². The number of esters is 1. The van der Waals surface area contributed by atoms with Gasteiger partial charge in [0.2, 0.25) is 0 Å². The third-order valence-electron chi connectivity index (χ3n) is 3.10. The largest absolute Gasteiger partial charge is 0.465 e. The molecule has 0 amide bonds. The van der Waals surface area contributed by atoms with Gasteiger partial charge in [-0.1, -0.05) is 17.3 Å². The van der Waals surface area contributed by atoms with E-state index < -0.39 is 5.60 Å². The van der Waals surface area contributed by atoms with Gasteiger partial charge in [0, 0.05) is 12.7 Å². The summed E-state index contributed by atoms with van der Waals surface area (Å²) in [4.78, 5) is 16.7. The standard InChI is InChI=1S/C14H17NO4/c1-14(2)12(17-3)11(15-19-14)9-5-7-10(8-6-9)13(16)18-4/h5-8,12H,1-4H3. The van der Waals surface area contributed by atoms with E-state index in [1.165, 1.54) is 7.11 Å². The smallest absolute Gasteiger partial charge is 0.337 e. The first-order chi connectivity index (χ1) is 8.99. The first-order valence-electron chi connectivity index (χ1n) is 5.97. The molecule has 102 valence electrons. The van der Waals surface area contributed by atoms with Crippen LogP contribution in [0.4, 0.5) is 0 Å². The predicted molar refractivity (Wildman–Crippen MR) is 70.3 cm³/mol. The van der Waals surface area contributed by atoms with Crippen molar-refractivity contribution in [3.63, 3.8) is 0 Å². The second kappa shape index (κ2) is 5.01. The Morgan fingerprint density at radius 1 is 1.26 bits per heavy atom. The Hall–Kier alpha value is -1.88. The summed E-state index contributed by atoms with van der Waals surface area (Å²) in [5.74, 6) is -0.361. The van der Waals surface area contributed by atoms with Gasteiger partial charge in [-0.2, -0.15) is 0 Å². The van der Waals surface area contributed by atoms with Gasteiger partial charge in [0.1, 0.15) is 11.8 Å². The molecule has 19 heavy (non-hydrogen) atoms. The van der Waals surface area contributed by atoms with Crippen molar-refractivity contribution in [2.24, 2.45) is 5.16 Å². The molecule has 0 aliphatic carbocycles. The first kappa shape index (κ1) is 13.5. The summed E-state index contributed by atoms with van der Waals surface area (Å²) in [6.07, 6.45) is -0.239. The molecule has 0 aromatic heterocycles. The van der Waals surface area contributed by atoms with Crippen LogP contribution in [-0.2, 0) is 14.3 Å². The van der Waals surface area contributed by atoms with Gasteiger partial charge >= 0.3 is 5.97 Å². The van der Waals surface area contributed by atoms with Crippen LogP contribution in [0.5, 0.6) is 0 Å². The number of hydrogen-bond acceptors (Lipinski definition) is 5. The lowest BCUT2D eigenvalue weighted by molar-refractivity contribution is -0.0614. The van der Waals surface area contributed by atoms with Crippen molar-refractivity contribution in [3.05, 3.63) is 35.4 Å². The molecule has 0 saturated carbocycles. The van der Waals surface area contributed by atoms with Gasteiger partial charge in [-0.15, -0.1) is 0 Å². The van der Waals surface area contributed by atoms with E-state index in [9.17, 15) is 4.79 Å². The summed E-state index contributed by atoms with van der Waals surface area (Å²) in [6.45, 7) is 3.83. The van der Waals surface area contributed by atoms with Gasteiger partial charge in [0.05, 0.1) is 12.7 Å². The SMILES string of the molecule is COC(=O)c1ccc(C2=NOC(C)(C)C2OC)cc1. The maximum Gasteiger partial charge on any atom is 0.337 e. The number of rotatable bonds is 3. The quantitative estimate of drug-likeness (QED) is 0.783. The zero-order valence-electron chi connectivity index (χ0n) is 11.5. The number of carbonyl (C=O) groups excluding carboxylic acids is 1. The summed E-state index contributed by atoms with van der Waals surface area (Å²) >= 11 is 0. The van der Waals surface area contributed by atoms with Crippen LogP contribution in [0.15, 0.2) is 29.4 Å². The Morgan fingerprint density at radius 3 is 2.42 bits per heavy atom. The maximum atomic E-state index is 11.4. The maximum absolute atomic E-state index is 11.4. The van der Waals surface area contributed by atoms with E-state index in [-0.39, 0.29) is 12.1 Å². The van der Waals surface area contributed by atoms with Gasteiger partial charge in [0.25, 0.3) is 0 Å². The minimum atomic E-state index is -0.495. The highest BCUT2D eigenvalue weighted by molar-refractivity contribution is 6.05. The minimum Gasteiger partial charge on any atom is -0.465 e. The van der Waals surface area contributed by atoms with Gasteiger partial charge in [-0.05, 0) is 26.0 Å². The molecule has 0 radical (unpaired) electrons. The summed E-state index contributed by atoms with van der Waals surface area (Å²) in [5, 5.41) is 4.08. The zero-order valence-corrected chi connectivity index (χ0v) is 11.5. The number of oxime groups is 1. The van der Waals surface area contributed by atoms with E-state index in [2.05, 4.69) is 9.89 Å². The summed E-state index contributed by atoms with van der Waals surface area (Å²) in [6, 6.07) is 7.01. The highest BCUT2D eigenvalue weighted by Crippen LogP contribution is 2.28. The van der Waals surface area contributed by atoms with Crippen molar-refractivity contribution in [1.82, 2.24) is 0 Å². The molecule has 0 fully saturated rings. The summed E-state index contributed by atoms with van der Waals surface area (Å²) in [5.41, 5.74) is 1.60. The second-order valence-electron chi connectivity index (χ2n) is 4.86. The van der Waals surface area contributed by atoms with E-state index in [1.807, 2.05) is 26.0 Å². The third-order valence-corrected chi connectivity index (χ3v) is 3.10. The van der Waals surface area contributed by atoms with Crippen molar-refractivity contribution < 1.29 is 19.1 Å². The van der Waals surface area contributed by atoms with Crippen LogP contribution in [0, 0.1) is 0 Å². The Balaban J connectivity index is 2.26. The molecule has 5 nitrogen and oxygen atoms in total. The van der Waals surface area contributed by atoms with Gasteiger partial charge in [-0.3, -0.25) is 0 Å². The van der Waals surface area contributed by atoms with Crippen molar-refractivity contribution in [2.75, 3.05) is 14.2 Å².